The lowest BCUT2D eigenvalue weighted by molar-refractivity contribution is -0.384. The van der Waals surface area contributed by atoms with Gasteiger partial charge < -0.3 is 9.80 Å². The Morgan fingerprint density at radius 2 is 1.74 bits per heavy atom. The Morgan fingerprint density at radius 3 is 2.31 bits per heavy atom. The molecule has 35 heavy (non-hydrogen) atoms. The number of hydrogen-bond donors (Lipinski definition) is 0. The molecule has 0 saturated heterocycles. The Morgan fingerprint density at radius 1 is 1.06 bits per heavy atom. The Labute approximate surface area is 207 Å². The fourth-order valence-corrected chi connectivity index (χ4v) is 4.08. The van der Waals surface area contributed by atoms with Crippen LogP contribution in [0.4, 0.5) is 10.1 Å². The van der Waals surface area contributed by atoms with E-state index in [0.29, 0.717) is 12.1 Å². The van der Waals surface area contributed by atoms with Crippen molar-refractivity contribution >= 4 is 34.9 Å². The number of amides is 2. The number of non-ortho nitro benzene ring substituents is 1. The molecule has 1 aromatic heterocycles. The number of carbonyl (C=O) groups is 2. The number of halogens is 1. The third kappa shape index (κ3) is 7.58. The molecule has 0 bridgehead atoms. The van der Waals surface area contributed by atoms with Crippen LogP contribution in [0.25, 0.3) is 6.08 Å². The first-order chi connectivity index (χ1) is 16.7. The maximum atomic E-state index is 13.3. The highest BCUT2D eigenvalue weighted by atomic mass is 32.1. The summed E-state index contributed by atoms with van der Waals surface area (Å²) in [6, 6.07) is 15.5. The molecule has 2 aromatic carbocycles. The van der Waals surface area contributed by atoms with E-state index in [2.05, 4.69) is 0 Å². The normalized spacial score (nSPS) is 11.1. The van der Waals surface area contributed by atoms with Gasteiger partial charge in [-0.1, -0.05) is 18.2 Å². The molecule has 0 atom stereocenters. The van der Waals surface area contributed by atoms with E-state index in [0.717, 1.165) is 10.4 Å². The minimum atomic E-state index is -0.487. The van der Waals surface area contributed by atoms with Gasteiger partial charge in [-0.3, -0.25) is 19.7 Å². The first-order valence-electron chi connectivity index (χ1n) is 11.0. The second-order valence-electron chi connectivity index (χ2n) is 8.20. The Kier molecular flexibility index (Phi) is 8.86. The molecule has 3 aromatic rings. The number of nitro groups is 1. The standard InChI is InChI=1S/C26H26FN3O4S/c1-19(2)29(25(31)14-9-20-7-12-23(13-8-20)30(33)34)18-26(32)28(17-24-4-3-15-35-24)16-21-5-10-22(27)11-6-21/h3-15,19H,16-18H2,1-2H3/b14-9+. The minimum absolute atomic E-state index is 0.0325. The molecule has 0 aliphatic carbocycles. The zero-order chi connectivity index (χ0) is 25.4. The topological polar surface area (TPSA) is 83.8 Å². The third-order valence-corrected chi connectivity index (χ3v) is 6.16. The van der Waals surface area contributed by atoms with Crippen LogP contribution in [0.2, 0.25) is 0 Å². The fourth-order valence-electron chi connectivity index (χ4n) is 3.36. The lowest BCUT2D eigenvalue weighted by Gasteiger charge is -2.29. The number of benzene rings is 2. The van der Waals surface area contributed by atoms with Gasteiger partial charge in [0.05, 0.1) is 11.5 Å². The SMILES string of the molecule is CC(C)N(CC(=O)N(Cc1ccc(F)cc1)Cc1cccs1)C(=O)/C=C/c1ccc([N+](=O)[O-])cc1. The smallest absolute Gasteiger partial charge is 0.269 e. The van der Waals surface area contributed by atoms with Gasteiger partial charge >= 0.3 is 0 Å². The number of rotatable bonds is 10. The highest BCUT2D eigenvalue weighted by molar-refractivity contribution is 7.09. The Hall–Kier alpha value is -3.85. The average Bonchev–Trinajstić information content (AvgIpc) is 3.35. The maximum absolute atomic E-state index is 13.3. The summed E-state index contributed by atoms with van der Waals surface area (Å²) in [4.78, 5) is 40.7. The predicted octanol–water partition coefficient (Wildman–Crippen LogP) is 5.27. The van der Waals surface area contributed by atoms with Gasteiger partial charge in [0.15, 0.2) is 0 Å². The van der Waals surface area contributed by atoms with Crippen molar-refractivity contribution in [1.29, 1.82) is 0 Å². The molecule has 3 rings (SSSR count). The Bertz CT molecular complexity index is 1180. The largest absolute Gasteiger partial charge is 0.332 e. The van der Waals surface area contributed by atoms with E-state index in [1.54, 1.807) is 35.2 Å². The molecule has 1 heterocycles. The van der Waals surface area contributed by atoms with Crippen LogP contribution in [0.3, 0.4) is 0 Å². The lowest BCUT2D eigenvalue weighted by Crippen LogP contribution is -2.44. The van der Waals surface area contributed by atoms with Gasteiger partial charge in [-0.05, 0) is 66.8 Å². The van der Waals surface area contributed by atoms with Gasteiger partial charge in [-0.15, -0.1) is 11.3 Å². The number of carbonyl (C=O) groups excluding carboxylic acids is 2. The van der Waals surface area contributed by atoms with Crippen LogP contribution in [-0.4, -0.2) is 39.1 Å². The van der Waals surface area contributed by atoms with Crippen LogP contribution in [0.15, 0.2) is 72.1 Å². The summed E-state index contributed by atoms with van der Waals surface area (Å²) in [6.07, 6.45) is 2.92. The first kappa shape index (κ1) is 25.8. The Balaban J connectivity index is 1.73. The van der Waals surface area contributed by atoms with Gasteiger partial charge in [0, 0.05) is 35.7 Å². The van der Waals surface area contributed by atoms with E-state index in [4.69, 9.17) is 0 Å². The lowest BCUT2D eigenvalue weighted by atomic mass is 10.2. The van der Waals surface area contributed by atoms with E-state index < -0.39 is 4.92 Å². The zero-order valence-corrected chi connectivity index (χ0v) is 20.3. The summed E-state index contributed by atoms with van der Waals surface area (Å²) in [5.41, 5.74) is 1.39. The van der Waals surface area contributed by atoms with Crippen LogP contribution >= 0.6 is 11.3 Å². The molecule has 0 unspecified atom stereocenters. The van der Waals surface area contributed by atoms with Crippen LogP contribution in [0, 0.1) is 15.9 Å². The molecule has 0 radical (unpaired) electrons. The summed E-state index contributed by atoms with van der Waals surface area (Å²) >= 11 is 1.53. The fraction of sp³-hybridized carbons (Fsp3) is 0.231. The zero-order valence-electron chi connectivity index (χ0n) is 19.5. The molecule has 0 N–H and O–H groups in total. The summed E-state index contributed by atoms with van der Waals surface area (Å²) in [6.45, 7) is 4.21. The highest BCUT2D eigenvalue weighted by Crippen LogP contribution is 2.17. The number of thiophene rings is 1. The van der Waals surface area contributed by atoms with Gasteiger partial charge in [0.25, 0.3) is 5.69 Å². The van der Waals surface area contributed by atoms with Gasteiger partial charge in [-0.2, -0.15) is 0 Å². The van der Waals surface area contributed by atoms with Crippen molar-refractivity contribution in [3.8, 4) is 0 Å². The van der Waals surface area contributed by atoms with E-state index in [1.807, 2.05) is 31.4 Å². The average molecular weight is 496 g/mol. The van der Waals surface area contributed by atoms with E-state index in [-0.39, 0.29) is 42.5 Å². The second-order valence-corrected chi connectivity index (χ2v) is 9.23. The van der Waals surface area contributed by atoms with Crippen molar-refractivity contribution < 1.29 is 18.9 Å². The minimum Gasteiger partial charge on any atom is -0.332 e. The second kappa shape index (κ2) is 12.0. The molecule has 0 saturated carbocycles. The van der Waals surface area contributed by atoms with Gasteiger partial charge in [-0.25, -0.2) is 4.39 Å². The number of hydrogen-bond acceptors (Lipinski definition) is 5. The molecular formula is C26H26FN3O4S. The predicted molar refractivity (Wildman–Crippen MR) is 134 cm³/mol. The maximum Gasteiger partial charge on any atom is 0.269 e. The molecule has 0 fully saturated rings. The van der Waals surface area contributed by atoms with Crippen molar-refractivity contribution in [3.05, 3.63) is 104 Å². The van der Waals surface area contributed by atoms with E-state index >= 15 is 0 Å². The van der Waals surface area contributed by atoms with E-state index in [9.17, 15) is 24.1 Å². The molecule has 0 spiro atoms. The van der Waals surface area contributed by atoms with Crippen molar-refractivity contribution in [2.24, 2.45) is 0 Å². The number of nitro benzene ring substituents is 1. The highest BCUT2D eigenvalue weighted by Gasteiger charge is 2.23. The monoisotopic (exact) mass is 495 g/mol. The van der Waals surface area contributed by atoms with Crippen LogP contribution < -0.4 is 0 Å². The molecule has 7 nitrogen and oxygen atoms in total. The van der Waals surface area contributed by atoms with Crippen LogP contribution in [-0.2, 0) is 22.7 Å². The molecule has 182 valence electrons. The van der Waals surface area contributed by atoms with E-state index in [1.165, 1.54) is 46.6 Å². The number of nitrogens with zero attached hydrogens (tertiary/aromatic N) is 3. The van der Waals surface area contributed by atoms with Crippen molar-refractivity contribution in [2.45, 2.75) is 33.0 Å². The van der Waals surface area contributed by atoms with Crippen LogP contribution in [0.1, 0.15) is 29.9 Å². The molecule has 0 aliphatic rings. The summed E-state index contributed by atoms with van der Waals surface area (Å²) < 4.78 is 13.3. The molecule has 9 heteroatoms. The first-order valence-corrected chi connectivity index (χ1v) is 11.9. The van der Waals surface area contributed by atoms with Crippen molar-refractivity contribution in [1.82, 2.24) is 9.80 Å². The van der Waals surface area contributed by atoms with Crippen LogP contribution in [0.5, 0.6) is 0 Å². The van der Waals surface area contributed by atoms with Crippen molar-refractivity contribution in [2.75, 3.05) is 6.54 Å². The van der Waals surface area contributed by atoms with Gasteiger partial charge in [0.2, 0.25) is 11.8 Å². The van der Waals surface area contributed by atoms with Gasteiger partial charge in [0.1, 0.15) is 12.4 Å². The third-order valence-electron chi connectivity index (χ3n) is 5.30. The summed E-state index contributed by atoms with van der Waals surface area (Å²) in [7, 11) is 0. The molecule has 0 aliphatic heterocycles. The molecule has 2 amide bonds. The summed E-state index contributed by atoms with van der Waals surface area (Å²) in [5, 5.41) is 12.7. The molecular weight excluding hydrogens is 469 g/mol. The quantitative estimate of drug-likeness (QED) is 0.218. The van der Waals surface area contributed by atoms with Crippen molar-refractivity contribution in [3.63, 3.8) is 0 Å². The summed E-state index contributed by atoms with van der Waals surface area (Å²) in [5.74, 6) is -0.917.